The summed E-state index contributed by atoms with van der Waals surface area (Å²) in [4.78, 5) is 4.83. The lowest BCUT2D eigenvalue weighted by molar-refractivity contribution is 0.302. The molecule has 3 aromatic carbocycles. The van der Waals surface area contributed by atoms with Crippen LogP contribution < -0.4 is 9.47 Å². The van der Waals surface area contributed by atoms with Crippen LogP contribution in [0, 0.1) is 0 Å². The van der Waals surface area contributed by atoms with Crippen molar-refractivity contribution in [2.24, 2.45) is 0 Å². The van der Waals surface area contributed by atoms with Gasteiger partial charge in [0.05, 0.1) is 24.8 Å². The molecule has 4 rings (SSSR count). The van der Waals surface area contributed by atoms with E-state index in [9.17, 15) is 0 Å². The van der Waals surface area contributed by atoms with Crippen molar-refractivity contribution in [3.8, 4) is 22.9 Å². The standard InChI is InChI=1S/C23H21ClN2O2/c1-27-19-10-12-20(13-11-19)28-15-5-14-26-22-9-3-2-8-21(22)25-23(26)17-6-4-7-18(24)16-17/h2-4,6-13,16H,5,14-15H2,1H3. The number of nitrogens with zero attached hydrogens (tertiary/aromatic N) is 2. The smallest absolute Gasteiger partial charge is 0.141 e. The molecule has 1 aromatic heterocycles. The molecule has 28 heavy (non-hydrogen) atoms. The Hall–Kier alpha value is -2.98. The van der Waals surface area contributed by atoms with Crippen molar-refractivity contribution < 1.29 is 9.47 Å². The third-order valence-corrected chi connectivity index (χ3v) is 4.83. The first-order chi connectivity index (χ1) is 13.7. The first-order valence-corrected chi connectivity index (χ1v) is 9.60. The fraction of sp³-hybridized carbons (Fsp3) is 0.174. The number of methoxy groups -OCH3 is 1. The van der Waals surface area contributed by atoms with E-state index in [1.807, 2.05) is 66.7 Å². The number of aryl methyl sites for hydroxylation is 1. The van der Waals surface area contributed by atoms with Crippen molar-refractivity contribution >= 4 is 22.6 Å². The van der Waals surface area contributed by atoms with Crippen LogP contribution in [-0.4, -0.2) is 23.3 Å². The highest BCUT2D eigenvalue weighted by molar-refractivity contribution is 6.30. The molecule has 0 fully saturated rings. The van der Waals surface area contributed by atoms with Crippen LogP contribution in [-0.2, 0) is 6.54 Å². The Morgan fingerprint density at radius 3 is 2.50 bits per heavy atom. The van der Waals surface area contributed by atoms with Crippen LogP contribution in [0.1, 0.15) is 6.42 Å². The molecule has 0 saturated carbocycles. The van der Waals surface area contributed by atoms with Crippen LogP contribution in [0.4, 0.5) is 0 Å². The van der Waals surface area contributed by atoms with Gasteiger partial charge in [0.2, 0.25) is 0 Å². The minimum atomic E-state index is 0.619. The Morgan fingerprint density at radius 2 is 1.71 bits per heavy atom. The Bertz CT molecular complexity index is 1070. The molecule has 142 valence electrons. The largest absolute Gasteiger partial charge is 0.497 e. The number of para-hydroxylation sites is 2. The van der Waals surface area contributed by atoms with Gasteiger partial charge in [-0.25, -0.2) is 4.98 Å². The number of rotatable bonds is 7. The molecule has 0 spiro atoms. The van der Waals surface area contributed by atoms with Crippen molar-refractivity contribution in [3.63, 3.8) is 0 Å². The molecular weight excluding hydrogens is 372 g/mol. The van der Waals surface area contributed by atoms with Crippen molar-refractivity contribution in [1.29, 1.82) is 0 Å². The molecule has 0 aliphatic rings. The van der Waals surface area contributed by atoms with Crippen molar-refractivity contribution in [3.05, 3.63) is 77.8 Å². The van der Waals surface area contributed by atoms with Crippen LogP contribution >= 0.6 is 11.6 Å². The highest BCUT2D eigenvalue weighted by atomic mass is 35.5. The highest BCUT2D eigenvalue weighted by Gasteiger charge is 2.12. The zero-order valence-corrected chi connectivity index (χ0v) is 16.4. The van der Waals surface area contributed by atoms with E-state index in [0.717, 1.165) is 46.9 Å². The third kappa shape index (κ3) is 3.97. The molecule has 0 saturated heterocycles. The predicted octanol–water partition coefficient (Wildman–Crippen LogP) is 5.83. The zero-order chi connectivity index (χ0) is 19.3. The molecule has 0 aliphatic carbocycles. The Labute approximate surface area is 169 Å². The summed E-state index contributed by atoms with van der Waals surface area (Å²) >= 11 is 6.20. The van der Waals surface area contributed by atoms with Gasteiger partial charge in [-0.15, -0.1) is 0 Å². The summed E-state index contributed by atoms with van der Waals surface area (Å²) in [5, 5.41) is 0.707. The van der Waals surface area contributed by atoms with Gasteiger partial charge in [-0.05, 0) is 55.0 Å². The molecule has 4 aromatic rings. The quantitative estimate of drug-likeness (QED) is 0.371. The second-order valence-corrected chi connectivity index (χ2v) is 6.90. The average molecular weight is 393 g/mol. The number of benzene rings is 3. The van der Waals surface area contributed by atoms with Gasteiger partial charge < -0.3 is 14.0 Å². The molecule has 0 aliphatic heterocycles. The monoisotopic (exact) mass is 392 g/mol. The molecule has 0 radical (unpaired) electrons. The molecule has 0 N–H and O–H groups in total. The van der Waals surface area contributed by atoms with Crippen LogP contribution in [0.15, 0.2) is 72.8 Å². The van der Waals surface area contributed by atoms with Gasteiger partial charge in [0.1, 0.15) is 17.3 Å². The number of hydrogen-bond donors (Lipinski definition) is 0. The van der Waals surface area contributed by atoms with Gasteiger partial charge in [0, 0.05) is 17.1 Å². The van der Waals surface area contributed by atoms with Crippen LogP contribution in [0.5, 0.6) is 11.5 Å². The van der Waals surface area contributed by atoms with E-state index in [1.165, 1.54) is 0 Å². The molecule has 0 amide bonds. The summed E-state index contributed by atoms with van der Waals surface area (Å²) in [6, 6.07) is 23.6. The summed E-state index contributed by atoms with van der Waals surface area (Å²) in [5.41, 5.74) is 3.11. The van der Waals surface area contributed by atoms with Gasteiger partial charge in [-0.1, -0.05) is 35.9 Å². The molecule has 1 heterocycles. The summed E-state index contributed by atoms with van der Waals surface area (Å²) < 4.78 is 13.3. The summed E-state index contributed by atoms with van der Waals surface area (Å²) in [6.45, 7) is 1.42. The maximum Gasteiger partial charge on any atom is 0.141 e. The lowest BCUT2D eigenvalue weighted by atomic mass is 10.2. The summed E-state index contributed by atoms with van der Waals surface area (Å²) in [6.07, 6.45) is 0.861. The number of ether oxygens (including phenoxy) is 2. The molecule has 4 nitrogen and oxygen atoms in total. The first kappa shape index (κ1) is 18.4. The van der Waals surface area contributed by atoms with E-state index in [-0.39, 0.29) is 0 Å². The SMILES string of the molecule is COc1ccc(OCCCn2c(-c3cccc(Cl)c3)nc3ccccc32)cc1. The lowest BCUT2D eigenvalue weighted by Gasteiger charge is -2.11. The summed E-state index contributed by atoms with van der Waals surface area (Å²) in [5.74, 6) is 2.59. The minimum Gasteiger partial charge on any atom is -0.497 e. The van der Waals surface area contributed by atoms with E-state index in [4.69, 9.17) is 26.1 Å². The topological polar surface area (TPSA) is 36.3 Å². The molecule has 0 bridgehead atoms. The van der Waals surface area contributed by atoms with Crippen LogP contribution in [0.3, 0.4) is 0 Å². The number of halogens is 1. The van der Waals surface area contributed by atoms with Crippen molar-refractivity contribution in [1.82, 2.24) is 9.55 Å². The fourth-order valence-electron chi connectivity index (χ4n) is 3.23. The normalized spacial score (nSPS) is 10.9. The number of hydrogen-bond acceptors (Lipinski definition) is 3. The third-order valence-electron chi connectivity index (χ3n) is 4.59. The van der Waals surface area contributed by atoms with E-state index in [2.05, 4.69) is 10.6 Å². The van der Waals surface area contributed by atoms with Crippen molar-refractivity contribution in [2.45, 2.75) is 13.0 Å². The molecule has 0 atom stereocenters. The van der Waals surface area contributed by atoms with Crippen LogP contribution in [0.2, 0.25) is 5.02 Å². The molecule has 5 heteroatoms. The fourth-order valence-corrected chi connectivity index (χ4v) is 3.42. The maximum absolute atomic E-state index is 6.20. The van der Waals surface area contributed by atoms with Gasteiger partial charge in [0.25, 0.3) is 0 Å². The van der Waals surface area contributed by atoms with Gasteiger partial charge in [-0.2, -0.15) is 0 Å². The van der Waals surface area contributed by atoms with Gasteiger partial charge >= 0.3 is 0 Å². The number of imidazole rings is 1. The Morgan fingerprint density at radius 1 is 0.929 bits per heavy atom. The molecular formula is C23H21ClN2O2. The first-order valence-electron chi connectivity index (χ1n) is 9.22. The molecule has 0 unspecified atom stereocenters. The van der Waals surface area contributed by atoms with E-state index < -0.39 is 0 Å². The van der Waals surface area contributed by atoms with E-state index >= 15 is 0 Å². The van der Waals surface area contributed by atoms with E-state index in [1.54, 1.807) is 7.11 Å². The van der Waals surface area contributed by atoms with E-state index in [0.29, 0.717) is 11.6 Å². The van der Waals surface area contributed by atoms with Gasteiger partial charge in [-0.3, -0.25) is 0 Å². The maximum atomic E-state index is 6.20. The van der Waals surface area contributed by atoms with Gasteiger partial charge in [0.15, 0.2) is 0 Å². The highest BCUT2D eigenvalue weighted by Crippen LogP contribution is 2.27. The average Bonchev–Trinajstić information content (AvgIpc) is 3.10. The lowest BCUT2D eigenvalue weighted by Crippen LogP contribution is -2.06. The predicted molar refractivity (Wildman–Crippen MR) is 113 cm³/mol. The van der Waals surface area contributed by atoms with Crippen LogP contribution in [0.25, 0.3) is 22.4 Å². The zero-order valence-electron chi connectivity index (χ0n) is 15.6. The number of fused-ring (bicyclic) bond motifs is 1. The Kier molecular flexibility index (Phi) is 5.49. The van der Waals surface area contributed by atoms with Crippen molar-refractivity contribution in [2.75, 3.05) is 13.7 Å². The minimum absolute atomic E-state index is 0.619. The Balaban J connectivity index is 1.51. The summed E-state index contributed by atoms with van der Waals surface area (Å²) in [7, 11) is 1.66. The second kappa shape index (κ2) is 8.36. The second-order valence-electron chi connectivity index (χ2n) is 6.46. The number of aromatic nitrogens is 2.